The number of fused-ring (bicyclic) bond motifs is 1. The molecule has 0 radical (unpaired) electrons. The summed E-state index contributed by atoms with van der Waals surface area (Å²) >= 11 is 0. The molecule has 0 spiro atoms. The van der Waals surface area contributed by atoms with Gasteiger partial charge in [-0.25, -0.2) is 0 Å². The summed E-state index contributed by atoms with van der Waals surface area (Å²) < 4.78 is 12.2. The van der Waals surface area contributed by atoms with Crippen molar-refractivity contribution in [3.63, 3.8) is 0 Å². The van der Waals surface area contributed by atoms with Gasteiger partial charge in [0, 0.05) is 34.4 Å². The van der Waals surface area contributed by atoms with E-state index in [1.54, 1.807) is 7.11 Å². The molecule has 1 aliphatic heterocycles. The van der Waals surface area contributed by atoms with Crippen LogP contribution in [0.4, 0.5) is 0 Å². The molecule has 1 saturated heterocycles. The van der Waals surface area contributed by atoms with Crippen LogP contribution in [0.1, 0.15) is 5.56 Å². The number of H-pyrrole nitrogens is 1. The van der Waals surface area contributed by atoms with Crippen LogP contribution in [0.3, 0.4) is 0 Å². The number of rotatable bonds is 4. The molecule has 0 aliphatic carbocycles. The zero-order valence-electron chi connectivity index (χ0n) is 18.5. The summed E-state index contributed by atoms with van der Waals surface area (Å²) in [5.74, 6) is 0.935. The lowest BCUT2D eigenvalue weighted by molar-refractivity contribution is -0.111. The first kappa shape index (κ1) is 20.7. The van der Waals surface area contributed by atoms with E-state index in [1.807, 2.05) is 12.1 Å². The predicted octanol–water partition coefficient (Wildman–Crippen LogP) is -6.27. The molecule has 1 N–H and O–H groups in total. The summed E-state index contributed by atoms with van der Waals surface area (Å²) in [6, 6.07) is 6.17. The number of benzene rings is 1. The molecule has 4 nitrogen and oxygen atoms in total. The molecule has 1 aromatic carbocycles. The highest BCUT2D eigenvalue weighted by atomic mass is 16.5. The number of hydrogen-bond acceptors (Lipinski definition) is 3. The normalized spacial score (nSPS) is 23.1. The van der Waals surface area contributed by atoms with Crippen LogP contribution in [0.5, 0.6) is 5.75 Å². The molecule has 0 atom stereocenters. The van der Waals surface area contributed by atoms with Crippen LogP contribution >= 0.6 is 0 Å². The van der Waals surface area contributed by atoms with Gasteiger partial charge in [0.05, 0.1) is 7.11 Å². The number of hydrogen-bond donors (Lipinski definition) is 1. The molecule has 27 heavy (non-hydrogen) atoms. The van der Waals surface area contributed by atoms with Gasteiger partial charge in [-0.15, -0.1) is 0 Å². The minimum atomic E-state index is -0.246. The van der Waals surface area contributed by atoms with Gasteiger partial charge in [0.15, 0.2) is 0 Å². The van der Waals surface area contributed by atoms with E-state index in [0.717, 1.165) is 24.2 Å². The van der Waals surface area contributed by atoms with Crippen LogP contribution in [0, 0.1) is 0 Å². The summed E-state index contributed by atoms with van der Waals surface area (Å²) in [6.07, 6.45) is 3.09. The van der Waals surface area contributed by atoms with Crippen molar-refractivity contribution in [1.29, 1.82) is 0 Å². The summed E-state index contributed by atoms with van der Waals surface area (Å²) in [5.41, 5.74) is 2.43. The van der Waals surface area contributed by atoms with Crippen molar-refractivity contribution in [2.75, 3.05) is 13.7 Å². The molecular weight excluding hydrogens is 327 g/mol. The zero-order valence-corrected chi connectivity index (χ0v) is 18.5. The van der Waals surface area contributed by atoms with Crippen LogP contribution in [-0.2, 0) is 11.2 Å². The quantitative estimate of drug-likeness (QED) is 0.555. The molecule has 0 amide bonds. The maximum atomic E-state index is 6.60. The number of aromatic nitrogens is 1. The van der Waals surface area contributed by atoms with Gasteiger partial charge in [0.25, 0.3) is 0 Å². The van der Waals surface area contributed by atoms with E-state index in [1.165, 1.54) is 10.9 Å². The molecule has 0 bridgehead atoms. The average Bonchev–Trinajstić information content (AvgIpc) is 2.95. The molecule has 0 unspecified atom stereocenters. The Morgan fingerprint density at radius 3 is 2.15 bits per heavy atom. The van der Waals surface area contributed by atoms with E-state index < -0.39 is 0 Å². The van der Waals surface area contributed by atoms with Gasteiger partial charge in [0.2, 0.25) is 0 Å². The third kappa shape index (κ3) is 3.13. The van der Waals surface area contributed by atoms with Gasteiger partial charge in [0.1, 0.15) is 68.5 Å². The lowest BCUT2D eigenvalue weighted by Gasteiger charge is -2.68. The van der Waals surface area contributed by atoms with Crippen LogP contribution in [-0.4, -0.2) is 108 Å². The van der Waals surface area contributed by atoms with Crippen molar-refractivity contribution in [3.8, 4) is 5.75 Å². The lowest BCUT2D eigenvalue weighted by Crippen LogP contribution is -2.86. The van der Waals surface area contributed by atoms with Crippen molar-refractivity contribution in [1.82, 2.24) is 9.88 Å². The Hall–Kier alpha value is -1.00. The van der Waals surface area contributed by atoms with Crippen LogP contribution in [0.15, 0.2) is 24.4 Å². The van der Waals surface area contributed by atoms with Crippen LogP contribution in [0.2, 0.25) is 0 Å². The Morgan fingerprint density at radius 1 is 1.00 bits per heavy atom. The number of morpholine rings is 1. The summed E-state index contributed by atoms with van der Waals surface area (Å²) in [7, 11) is 19.8. The Bertz CT molecular complexity index is 825. The summed E-state index contributed by atoms with van der Waals surface area (Å²) in [5, 5.41) is 0.514. The second-order valence-electron chi connectivity index (χ2n) is 9.84. The van der Waals surface area contributed by atoms with Crippen LogP contribution < -0.4 is 4.74 Å². The van der Waals surface area contributed by atoms with E-state index in [-0.39, 0.29) is 21.5 Å². The van der Waals surface area contributed by atoms with E-state index >= 15 is 0 Å². The Labute approximate surface area is 170 Å². The fourth-order valence-corrected chi connectivity index (χ4v) is 4.61. The van der Waals surface area contributed by atoms with Crippen molar-refractivity contribution in [2.45, 2.75) is 27.9 Å². The number of aromatic amines is 1. The van der Waals surface area contributed by atoms with Crippen LogP contribution in [0.25, 0.3) is 10.9 Å². The Kier molecular flexibility index (Phi) is 5.00. The maximum absolute atomic E-state index is 6.60. The van der Waals surface area contributed by atoms with Gasteiger partial charge >= 0.3 is 0 Å². The van der Waals surface area contributed by atoms with Crippen molar-refractivity contribution in [3.05, 3.63) is 30.0 Å². The minimum absolute atomic E-state index is 0.0950. The second-order valence-corrected chi connectivity index (χ2v) is 9.84. The molecular formula is C15H28B8N2O2. The number of nitrogens with one attached hydrogen (secondary N) is 1. The number of nitrogens with zero attached hydrogens (tertiary/aromatic N) is 1. The zero-order chi connectivity index (χ0) is 20.3. The Morgan fingerprint density at radius 2 is 1.59 bits per heavy atom. The molecule has 1 fully saturated rings. The van der Waals surface area contributed by atoms with E-state index in [4.69, 9.17) is 9.47 Å². The average molecular weight is 355 g/mol. The number of ether oxygens (including phenoxy) is 2. The smallest absolute Gasteiger partial charge is 0.132 e. The van der Waals surface area contributed by atoms with Crippen molar-refractivity contribution < 1.29 is 9.47 Å². The first-order valence-electron chi connectivity index (χ1n) is 9.96. The van der Waals surface area contributed by atoms with Gasteiger partial charge in [-0.3, -0.25) is 0 Å². The van der Waals surface area contributed by atoms with E-state index in [0.29, 0.717) is 0 Å². The standard InChI is InChI=1S/C15H28B8N2O2/c1-26-10-4-2-3-9-11(10)8(7-24-9)5-6-25-12(16,17)14(20,21)27-15(22,23)13(25,18)19/h2-4,7,24H,5-6,16-23H2,1H3. The van der Waals surface area contributed by atoms with Gasteiger partial charge in [-0.2, -0.15) is 0 Å². The van der Waals surface area contributed by atoms with Crippen molar-refractivity contribution in [2.24, 2.45) is 0 Å². The fraction of sp³-hybridized carbons (Fsp3) is 0.467. The highest BCUT2D eigenvalue weighted by Crippen LogP contribution is 2.40. The van der Waals surface area contributed by atoms with Gasteiger partial charge < -0.3 is 19.4 Å². The SMILES string of the molecule is BC1(B)OC(B)(B)C(B)(B)N(CCc2c[nH]c3cccc(OC)c23)C1(B)B. The molecule has 1 aliphatic rings. The van der Waals surface area contributed by atoms with E-state index in [2.05, 4.69) is 84.9 Å². The minimum Gasteiger partial charge on any atom is -0.496 e. The predicted molar refractivity (Wildman–Crippen MR) is 136 cm³/mol. The number of methoxy groups -OCH3 is 1. The molecule has 12 heteroatoms. The fourth-order valence-electron chi connectivity index (χ4n) is 4.61. The molecule has 134 valence electrons. The molecule has 2 aromatic rings. The van der Waals surface area contributed by atoms with Gasteiger partial charge in [-0.1, -0.05) is 6.07 Å². The monoisotopic (exact) mass is 356 g/mol. The largest absolute Gasteiger partial charge is 0.496 e. The first-order chi connectivity index (χ1) is 12.3. The van der Waals surface area contributed by atoms with E-state index in [9.17, 15) is 0 Å². The summed E-state index contributed by atoms with van der Waals surface area (Å²) in [6.45, 7) is 0.960. The second kappa shape index (κ2) is 6.52. The molecule has 2 heterocycles. The highest BCUT2D eigenvalue weighted by molar-refractivity contribution is 6.59. The Balaban J connectivity index is 1.96. The third-order valence-corrected chi connectivity index (χ3v) is 7.38. The molecule has 3 rings (SSSR count). The maximum Gasteiger partial charge on any atom is 0.132 e. The summed E-state index contributed by atoms with van der Waals surface area (Å²) in [4.78, 5) is 6.04. The third-order valence-electron chi connectivity index (χ3n) is 7.38. The molecule has 1 aromatic heterocycles. The lowest BCUT2D eigenvalue weighted by atomic mass is 9.30. The van der Waals surface area contributed by atoms with Gasteiger partial charge in [-0.05, 0) is 34.8 Å². The highest BCUT2D eigenvalue weighted by Gasteiger charge is 2.58. The molecule has 0 saturated carbocycles. The first-order valence-corrected chi connectivity index (χ1v) is 9.96. The van der Waals surface area contributed by atoms with Crippen molar-refractivity contribution >= 4 is 73.7 Å². The topological polar surface area (TPSA) is 37.5 Å².